The van der Waals surface area contributed by atoms with Crippen molar-refractivity contribution < 1.29 is 29.0 Å². The van der Waals surface area contributed by atoms with Gasteiger partial charge in [-0.05, 0) is 54.5 Å². The van der Waals surface area contributed by atoms with E-state index in [9.17, 15) is 14.4 Å². The summed E-state index contributed by atoms with van der Waals surface area (Å²) >= 11 is 0. The van der Waals surface area contributed by atoms with Gasteiger partial charge in [0.25, 0.3) is 11.8 Å². The Morgan fingerprint density at radius 2 is 1.50 bits per heavy atom. The summed E-state index contributed by atoms with van der Waals surface area (Å²) in [6.45, 7) is 0.170. The zero-order valence-electron chi connectivity index (χ0n) is 16.8. The molecule has 0 aliphatic carbocycles. The lowest BCUT2D eigenvalue weighted by Crippen LogP contribution is -2.35. The molecule has 0 saturated heterocycles. The first-order valence-corrected chi connectivity index (χ1v) is 9.24. The zero-order chi connectivity index (χ0) is 21.9. The first kappa shape index (κ1) is 22.5. The van der Waals surface area contributed by atoms with Crippen LogP contribution in [0.5, 0.6) is 11.5 Å². The van der Waals surface area contributed by atoms with Gasteiger partial charge in [0.15, 0.2) is 0 Å². The van der Waals surface area contributed by atoms with Crippen LogP contribution in [0.1, 0.15) is 28.8 Å². The van der Waals surface area contributed by atoms with E-state index >= 15 is 0 Å². The Balaban J connectivity index is 2.17. The van der Waals surface area contributed by atoms with E-state index < -0.39 is 17.8 Å². The third-order valence-corrected chi connectivity index (χ3v) is 4.12. The number of hydrogen-bond acceptors (Lipinski definition) is 5. The lowest BCUT2D eigenvalue weighted by atomic mass is 10.1. The first-order chi connectivity index (χ1) is 14.4. The summed E-state index contributed by atoms with van der Waals surface area (Å²) in [6, 6.07) is 13.4. The summed E-state index contributed by atoms with van der Waals surface area (Å²) in [5, 5.41) is 14.0. The van der Waals surface area contributed by atoms with Crippen molar-refractivity contribution in [3.8, 4) is 11.5 Å². The van der Waals surface area contributed by atoms with Crippen LogP contribution in [0.2, 0.25) is 0 Å². The maximum atomic E-state index is 12.6. The molecule has 2 aromatic rings. The molecule has 0 spiro atoms. The Kier molecular flexibility index (Phi) is 8.43. The van der Waals surface area contributed by atoms with Gasteiger partial charge in [0.05, 0.1) is 14.2 Å². The number of carbonyl (C=O) groups excluding carboxylic acids is 2. The number of methoxy groups -OCH3 is 2. The Hall–Kier alpha value is -3.81. The van der Waals surface area contributed by atoms with Crippen molar-refractivity contribution in [2.24, 2.45) is 0 Å². The molecule has 0 unspecified atom stereocenters. The van der Waals surface area contributed by atoms with Crippen molar-refractivity contribution in [2.75, 3.05) is 20.8 Å². The van der Waals surface area contributed by atoms with Gasteiger partial charge in [0.1, 0.15) is 17.2 Å². The second-order valence-corrected chi connectivity index (χ2v) is 6.27. The Morgan fingerprint density at radius 3 is 2.03 bits per heavy atom. The summed E-state index contributed by atoms with van der Waals surface area (Å²) in [7, 11) is 3.08. The predicted octanol–water partition coefficient (Wildman–Crippen LogP) is 2.46. The fourth-order valence-corrected chi connectivity index (χ4v) is 2.50. The average Bonchev–Trinajstić information content (AvgIpc) is 2.76. The van der Waals surface area contributed by atoms with E-state index in [4.69, 9.17) is 14.6 Å². The van der Waals surface area contributed by atoms with Crippen LogP contribution in [-0.2, 0) is 9.59 Å². The van der Waals surface area contributed by atoms with E-state index in [0.29, 0.717) is 22.6 Å². The van der Waals surface area contributed by atoms with Crippen molar-refractivity contribution >= 4 is 23.9 Å². The van der Waals surface area contributed by atoms with E-state index in [1.54, 1.807) is 55.6 Å². The molecule has 3 N–H and O–H groups in total. The van der Waals surface area contributed by atoms with Crippen molar-refractivity contribution in [1.82, 2.24) is 10.6 Å². The monoisotopic (exact) mass is 412 g/mol. The number of amides is 2. The van der Waals surface area contributed by atoms with Gasteiger partial charge in [-0.3, -0.25) is 14.4 Å². The molecule has 30 heavy (non-hydrogen) atoms. The van der Waals surface area contributed by atoms with Crippen LogP contribution in [0.15, 0.2) is 54.2 Å². The SMILES string of the molecule is COc1ccc(/C=C(/NC(=O)c2ccc(OC)cc2)C(=O)NCCCC(=O)O)cc1. The molecular weight excluding hydrogens is 388 g/mol. The normalized spacial score (nSPS) is 10.8. The number of hydrogen-bond donors (Lipinski definition) is 3. The highest BCUT2D eigenvalue weighted by molar-refractivity contribution is 6.05. The molecule has 0 aliphatic rings. The van der Waals surface area contributed by atoms with Crippen molar-refractivity contribution in [3.05, 3.63) is 65.4 Å². The Labute approximate surface area is 174 Å². The third-order valence-electron chi connectivity index (χ3n) is 4.12. The summed E-state index contributed by atoms with van der Waals surface area (Å²) in [4.78, 5) is 35.8. The molecule has 0 aromatic heterocycles. The molecule has 0 saturated carbocycles. The van der Waals surface area contributed by atoms with Crippen LogP contribution < -0.4 is 20.1 Å². The molecule has 0 aliphatic heterocycles. The smallest absolute Gasteiger partial charge is 0.303 e. The second kappa shape index (κ2) is 11.3. The number of nitrogens with one attached hydrogen (secondary N) is 2. The minimum absolute atomic E-state index is 0.0382. The van der Waals surface area contributed by atoms with Crippen molar-refractivity contribution in [3.63, 3.8) is 0 Å². The van der Waals surface area contributed by atoms with Crippen LogP contribution in [0.3, 0.4) is 0 Å². The van der Waals surface area contributed by atoms with E-state index in [1.807, 2.05) is 0 Å². The molecule has 0 heterocycles. The van der Waals surface area contributed by atoms with Gasteiger partial charge in [-0.2, -0.15) is 0 Å². The molecule has 2 aromatic carbocycles. The largest absolute Gasteiger partial charge is 0.497 e. The van der Waals surface area contributed by atoms with Gasteiger partial charge in [-0.15, -0.1) is 0 Å². The predicted molar refractivity (Wildman–Crippen MR) is 111 cm³/mol. The first-order valence-electron chi connectivity index (χ1n) is 9.24. The number of benzene rings is 2. The highest BCUT2D eigenvalue weighted by atomic mass is 16.5. The molecule has 2 amide bonds. The van der Waals surface area contributed by atoms with Gasteiger partial charge in [-0.25, -0.2) is 0 Å². The summed E-state index contributed by atoms with van der Waals surface area (Å²) in [6.07, 6.45) is 1.76. The van der Waals surface area contributed by atoms with Crippen LogP contribution in [0.25, 0.3) is 6.08 Å². The number of carboxylic acid groups (broad SMARTS) is 1. The van der Waals surface area contributed by atoms with E-state index in [2.05, 4.69) is 10.6 Å². The van der Waals surface area contributed by atoms with E-state index in [-0.39, 0.29) is 25.1 Å². The summed E-state index contributed by atoms with van der Waals surface area (Å²) in [5.74, 6) is -0.645. The Morgan fingerprint density at radius 1 is 0.933 bits per heavy atom. The molecule has 8 nitrogen and oxygen atoms in total. The van der Waals surface area contributed by atoms with Gasteiger partial charge >= 0.3 is 5.97 Å². The zero-order valence-corrected chi connectivity index (χ0v) is 16.8. The number of rotatable bonds is 10. The van der Waals surface area contributed by atoms with Crippen LogP contribution in [-0.4, -0.2) is 43.7 Å². The summed E-state index contributed by atoms with van der Waals surface area (Å²) < 4.78 is 10.2. The van der Waals surface area contributed by atoms with Gasteiger partial charge in [0.2, 0.25) is 0 Å². The van der Waals surface area contributed by atoms with E-state index in [1.165, 1.54) is 13.2 Å². The average molecular weight is 412 g/mol. The third kappa shape index (κ3) is 6.97. The Bertz CT molecular complexity index is 904. The standard InChI is InChI=1S/C22H24N2O6/c1-29-17-9-5-15(6-10-17)14-19(22(28)23-13-3-4-20(25)26)24-21(27)16-7-11-18(30-2)12-8-16/h5-12,14H,3-4,13H2,1-2H3,(H,23,28)(H,24,27)(H,25,26)/b19-14+. The van der Waals surface area contributed by atoms with Crippen LogP contribution in [0, 0.1) is 0 Å². The molecule has 0 bridgehead atoms. The molecule has 0 atom stereocenters. The molecule has 158 valence electrons. The van der Waals surface area contributed by atoms with Crippen molar-refractivity contribution in [1.29, 1.82) is 0 Å². The highest BCUT2D eigenvalue weighted by Gasteiger charge is 2.15. The molecule has 2 rings (SSSR count). The highest BCUT2D eigenvalue weighted by Crippen LogP contribution is 2.15. The van der Waals surface area contributed by atoms with Gasteiger partial charge in [-0.1, -0.05) is 12.1 Å². The fraction of sp³-hybridized carbons (Fsp3) is 0.227. The molecule has 0 radical (unpaired) electrons. The number of ether oxygens (including phenoxy) is 2. The number of carbonyl (C=O) groups is 3. The maximum Gasteiger partial charge on any atom is 0.303 e. The van der Waals surface area contributed by atoms with Crippen molar-refractivity contribution in [2.45, 2.75) is 12.8 Å². The fourth-order valence-electron chi connectivity index (χ4n) is 2.50. The lowest BCUT2D eigenvalue weighted by molar-refractivity contribution is -0.137. The van der Waals surface area contributed by atoms with Gasteiger partial charge in [0, 0.05) is 18.5 Å². The van der Waals surface area contributed by atoms with E-state index in [0.717, 1.165) is 0 Å². The molecular formula is C22H24N2O6. The number of aliphatic carboxylic acids is 1. The van der Waals surface area contributed by atoms with Crippen LogP contribution in [0.4, 0.5) is 0 Å². The number of carboxylic acids is 1. The second-order valence-electron chi connectivity index (χ2n) is 6.27. The minimum Gasteiger partial charge on any atom is -0.497 e. The quantitative estimate of drug-likeness (QED) is 0.408. The minimum atomic E-state index is -0.939. The molecule has 0 fully saturated rings. The maximum absolute atomic E-state index is 12.6. The van der Waals surface area contributed by atoms with Crippen LogP contribution >= 0.6 is 0 Å². The van der Waals surface area contributed by atoms with Gasteiger partial charge < -0.3 is 25.2 Å². The topological polar surface area (TPSA) is 114 Å². The molecule has 8 heteroatoms. The lowest BCUT2D eigenvalue weighted by Gasteiger charge is -2.11. The summed E-state index contributed by atoms with van der Waals surface area (Å²) in [5.41, 5.74) is 1.08.